The van der Waals surface area contributed by atoms with Gasteiger partial charge in [-0.15, -0.1) is 0 Å². The summed E-state index contributed by atoms with van der Waals surface area (Å²) in [6.45, 7) is 0.781. The predicted molar refractivity (Wildman–Crippen MR) is 83.4 cm³/mol. The van der Waals surface area contributed by atoms with E-state index in [1.54, 1.807) is 19.0 Å². The van der Waals surface area contributed by atoms with Gasteiger partial charge in [-0.1, -0.05) is 12.1 Å². The monoisotopic (exact) mass is 317 g/mol. The Morgan fingerprint density at radius 1 is 1.35 bits per heavy atom. The van der Waals surface area contributed by atoms with Crippen LogP contribution in [0.5, 0.6) is 11.5 Å². The summed E-state index contributed by atoms with van der Waals surface area (Å²) in [6, 6.07) is 7.46. The number of hydrazone groups is 1. The van der Waals surface area contributed by atoms with Crippen molar-refractivity contribution in [3.05, 3.63) is 24.3 Å². The highest BCUT2D eigenvalue weighted by Gasteiger charge is 2.28. The first-order chi connectivity index (χ1) is 11.0. The summed E-state index contributed by atoms with van der Waals surface area (Å²) in [7, 11) is 3.26. The molecule has 122 valence electrons. The Bertz CT molecular complexity index is 658. The molecular formula is C16H19N3O4. The van der Waals surface area contributed by atoms with Crippen molar-refractivity contribution in [1.82, 2.24) is 9.91 Å². The van der Waals surface area contributed by atoms with E-state index in [2.05, 4.69) is 5.10 Å². The van der Waals surface area contributed by atoms with Gasteiger partial charge in [0.1, 0.15) is 12.3 Å². The number of ether oxygens (including phenoxy) is 2. The third kappa shape index (κ3) is 3.28. The highest BCUT2D eigenvalue weighted by Crippen LogP contribution is 2.30. The van der Waals surface area contributed by atoms with Crippen LogP contribution in [0, 0.1) is 0 Å². The molecule has 3 rings (SSSR count). The molecule has 2 amide bonds. The van der Waals surface area contributed by atoms with Crippen LogP contribution < -0.4 is 9.47 Å². The van der Waals surface area contributed by atoms with Gasteiger partial charge in [0.15, 0.2) is 17.6 Å². The molecule has 7 heteroatoms. The molecule has 0 radical (unpaired) electrons. The minimum atomic E-state index is -0.234. The van der Waals surface area contributed by atoms with Crippen molar-refractivity contribution in [2.45, 2.75) is 18.9 Å². The molecule has 0 aromatic heterocycles. The molecule has 2 aliphatic heterocycles. The summed E-state index contributed by atoms with van der Waals surface area (Å²) in [6.07, 6.45) is 0.449. The Morgan fingerprint density at radius 2 is 2.09 bits per heavy atom. The SMILES string of the molecule is CN(C[C@H]1COc2ccccc2O1)C(=O)C1=NN(C)C(=O)CC1. The van der Waals surface area contributed by atoms with E-state index in [4.69, 9.17) is 9.47 Å². The quantitative estimate of drug-likeness (QED) is 0.830. The number of benzene rings is 1. The van der Waals surface area contributed by atoms with Crippen LogP contribution >= 0.6 is 0 Å². The molecule has 2 aliphatic rings. The second-order valence-corrected chi connectivity index (χ2v) is 5.65. The maximum absolute atomic E-state index is 12.4. The van der Waals surface area contributed by atoms with E-state index in [1.165, 1.54) is 5.01 Å². The number of carbonyl (C=O) groups is 2. The lowest BCUT2D eigenvalue weighted by atomic mass is 10.1. The van der Waals surface area contributed by atoms with Crippen LogP contribution in [0.25, 0.3) is 0 Å². The van der Waals surface area contributed by atoms with Crippen molar-refractivity contribution >= 4 is 17.5 Å². The van der Waals surface area contributed by atoms with Crippen LogP contribution in [-0.2, 0) is 9.59 Å². The van der Waals surface area contributed by atoms with Crippen LogP contribution in [0.3, 0.4) is 0 Å². The summed E-state index contributed by atoms with van der Waals surface area (Å²) in [5.41, 5.74) is 0.395. The van der Waals surface area contributed by atoms with Gasteiger partial charge in [-0.05, 0) is 12.1 Å². The zero-order valence-corrected chi connectivity index (χ0v) is 13.2. The third-order valence-electron chi connectivity index (χ3n) is 3.85. The van der Waals surface area contributed by atoms with Gasteiger partial charge in [-0.25, -0.2) is 5.01 Å². The number of nitrogens with zero attached hydrogens (tertiary/aromatic N) is 3. The molecule has 0 fully saturated rings. The van der Waals surface area contributed by atoms with Crippen LogP contribution in [0.1, 0.15) is 12.8 Å². The van der Waals surface area contributed by atoms with Crippen molar-refractivity contribution in [3.63, 3.8) is 0 Å². The Balaban J connectivity index is 1.61. The number of fused-ring (bicyclic) bond motifs is 1. The number of amides is 2. The Labute approximate surface area is 134 Å². The molecular weight excluding hydrogens is 298 g/mol. The van der Waals surface area contributed by atoms with Crippen LogP contribution in [0.2, 0.25) is 0 Å². The van der Waals surface area contributed by atoms with E-state index in [9.17, 15) is 9.59 Å². The van der Waals surface area contributed by atoms with E-state index >= 15 is 0 Å². The minimum Gasteiger partial charge on any atom is -0.486 e. The molecule has 0 saturated heterocycles. The smallest absolute Gasteiger partial charge is 0.269 e. The van der Waals surface area contributed by atoms with Gasteiger partial charge in [-0.2, -0.15) is 5.10 Å². The number of rotatable bonds is 3. The van der Waals surface area contributed by atoms with Gasteiger partial charge in [0, 0.05) is 26.9 Å². The number of hydrogen-bond donors (Lipinski definition) is 0. The fourth-order valence-electron chi connectivity index (χ4n) is 2.59. The number of likely N-dealkylation sites (N-methyl/N-ethyl adjacent to an activating group) is 1. The highest BCUT2D eigenvalue weighted by molar-refractivity contribution is 6.39. The molecule has 0 bridgehead atoms. The van der Waals surface area contributed by atoms with Crippen molar-refractivity contribution < 1.29 is 19.1 Å². The lowest BCUT2D eigenvalue weighted by Gasteiger charge is -2.30. The molecule has 0 saturated carbocycles. The van der Waals surface area contributed by atoms with Gasteiger partial charge < -0.3 is 14.4 Å². The van der Waals surface area contributed by atoms with Gasteiger partial charge in [0.25, 0.3) is 5.91 Å². The van der Waals surface area contributed by atoms with Crippen molar-refractivity contribution in [2.75, 3.05) is 27.2 Å². The molecule has 23 heavy (non-hydrogen) atoms. The topological polar surface area (TPSA) is 71.4 Å². The minimum absolute atomic E-state index is 0.0789. The maximum Gasteiger partial charge on any atom is 0.269 e. The summed E-state index contributed by atoms with van der Waals surface area (Å²) < 4.78 is 11.5. The zero-order valence-electron chi connectivity index (χ0n) is 13.2. The Kier molecular flexibility index (Phi) is 4.18. The lowest BCUT2D eigenvalue weighted by Crippen LogP contribution is -2.45. The van der Waals surface area contributed by atoms with Gasteiger partial charge in [0.05, 0.1) is 6.54 Å². The maximum atomic E-state index is 12.4. The first kappa shape index (κ1) is 15.3. The van der Waals surface area contributed by atoms with Gasteiger partial charge >= 0.3 is 0 Å². The largest absolute Gasteiger partial charge is 0.486 e. The van der Waals surface area contributed by atoms with Crippen LogP contribution in [0.4, 0.5) is 0 Å². The number of para-hydroxylation sites is 2. The second kappa shape index (κ2) is 6.28. The van der Waals surface area contributed by atoms with E-state index in [-0.39, 0.29) is 17.9 Å². The normalized spacial score (nSPS) is 20.1. The average molecular weight is 317 g/mol. The van der Waals surface area contributed by atoms with Crippen molar-refractivity contribution in [3.8, 4) is 11.5 Å². The summed E-state index contributed by atoms with van der Waals surface area (Å²) >= 11 is 0. The molecule has 0 N–H and O–H groups in total. The zero-order chi connectivity index (χ0) is 16.4. The summed E-state index contributed by atoms with van der Waals surface area (Å²) in [4.78, 5) is 25.4. The van der Waals surface area contributed by atoms with Gasteiger partial charge in [0.2, 0.25) is 5.91 Å². The molecule has 1 aromatic rings. The Hall–Kier alpha value is -2.57. The van der Waals surface area contributed by atoms with E-state index in [1.807, 2.05) is 24.3 Å². The Morgan fingerprint density at radius 3 is 2.83 bits per heavy atom. The fourth-order valence-corrected chi connectivity index (χ4v) is 2.59. The molecule has 1 aromatic carbocycles. The molecule has 0 unspecified atom stereocenters. The number of hydrogen-bond acceptors (Lipinski definition) is 5. The van der Waals surface area contributed by atoms with Crippen molar-refractivity contribution in [2.24, 2.45) is 5.10 Å². The highest BCUT2D eigenvalue weighted by atomic mass is 16.6. The first-order valence-electron chi connectivity index (χ1n) is 7.52. The van der Waals surface area contributed by atoms with Crippen molar-refractivity contribution in [1.29, 1.82) is 0 Å². The molecule has 7 nitrogen and oxygen atoms in total. The van der Waals surface area contributed by atoms with Gasteiger partial charge in [-0.3, -0.25) is 9.59 Å². The first-order valence-corrected chi connectivity index (χ1v) is 7.52. The third-order valence-corrected chi connectivity index (χ3v) is 3.85. The van der Waals surface area contributed by atoms with E-state index in [0.717, 1.165) is 5.75 Å². The van der Waals surface area contributed by atoms with Crippen LogP contribution in [-0.4, -0.2) is 60.8 Å². The van der Waals surface area contributed by atoms with E-state index in [0.29, 0.717) is 37.5 Å². The standard InChI is InChI=1S/C16H19N3O4/c1-18(16(21)12-7-8-15(20)19(2)17-12)9-11-10-22-13-5-3-4-6-14(13)23-11/h3-6,11H,7-10H2,1-2H3/t11-/m0/s1. The molecule has 2 heterocycles. The molecule has 0 aliphatic carbocycles. The summed E-state index contributed by atoms with van der Waals surface area (Å²) in [5.74, 6) is 1.14. The predicted octanol–water partition coefficient (Wildman–Crippen LogP) is 0.893. The van der Waals surface area contributed by atoms with Crippen LogP contribution in [0.15, 0.2) is 29.4 Å². The average Bonchev–Trinajstić information content (AvgIpc) is 2.56. The van der Waals surface area contributed by atoms with E-state index < -0.39 is 0 Å². The summed E-state index contributed by atoms with van der Waals surface area (Å²) in [5, 5.41) is 5.27. The second-order valence-electron chi connectivity index (χ2n) is 5.65. The molecule has 1 atom stereocenters. The number of carbonyl (C=O) groups excluding carboxylic acids is 2. The fraction of sp³-hybridized carbons (Fsp3) is 0.438. The molecule has 0 spiro atoms. The lowest BCUT2D eigenvalue weighted by molar-refractivity contribution is -0.130.